The second kappa shape index (κ2) is 7.49. The van der Waals surface area contributed by atoms with E-state index in [-0.39, 0.29) is 0 Å². The van der Waals surface area contributed by atoms with E-state index in [9.17, 15) is 0 Å². The minimum Gasteiger partial charge on any atom is -0.487 e. The van der Waals surface area contributed by atoms with Gasteiger partial charge < -0.3 is 19.3 Å². The van der Waals surface area contributed by atoms with Crippen LogP contribution in [0.1, 0.15) is 28.5 Å². The van der Waals surface area contributed by atoms with Crippen molar-refractivity contribution in [3.05, 3.63) is 59.1 Å². The molecule has 0 amide bonds. The van der Waals surface area contributed by atoms with Crippen molar-refractivity contribution >= 4 is 5.82 Å². The highest BCUT2D eigenvalue weighted by Crippen LogP contribution is 2.30. The molecule has 0 aliphatic carbocycles. The summed E-state index contributed by atoms with van der Waals surface area (Å²) < 4.78 is 16.1. The van der Waals surface area contributed by atoms with Crippen molar-refractivity contribution in [2.75, 3.05) is 19.0 Å². The number of aromatic nitrogens is 4. The first-order valence-electron chi connectivity index (χ1n) is 8.41. The molecule has 8 heteroatoms. The van der Waals surface area contributed by atoms with Crippen LogP contribution in [0.3, 0.4) is 0 Å². The van der Waals surface area contributed by atoms with Crippen LogP contribution in [0.5, 0.6) is 5.75 Å². The highest BCUT2D eigenvalue weighted by atomic mass is 16.5. The molecule has 4 rings (SSSR count). The Morgan fingerprint density at radius 2 is 2.15 bits per heavy atom. The number of nitrogens with zero attached hydrogens (tertiary/aromatic N) is 4. The van der Waals surface area contributed by atoms with Crippen LogP contribution < -0.4 is 10.1 Å². The Labute approximate surface area is 150 Å². The number of hydrogen-bond donors (Lipinski definition) is 1. The molecule has 134 valence electrons. The van der Waals surface area contributed by atoms with Gasteiger partial charge >= 0.3 is 0 Å². The number of benzene rings is 1. The third-order valence-corrected chi connectivity index (χ3v) is 4.18. The Morgan fingerprint density at radius 3 is 3.08 bits per heavy atom. The van der Waals surface area contributed by atoms with Crippen LogP contribution in [-0.2, 0) is 30.7 Å². The van der Waals surface area contributed by atoms with Crippen molar-refractivity contribution in [1.29, 1.82) is 0 Å². The lowest BCUT2D eigenvalue weighted by atomic mass is 10.0. The van der Waals surface area contributed by atoms with Crippen LogP contribution >= 0.6 is 0 Å². The number of hydrogen-bond acceptors (Lipinski definition) is 8. The number of ether oxygens (including phenoxy) is 2. The van der Waals surface area contributed by atoms with Gasteiger partial charge in [0.1, 0.15) is 24.5 Å². The fourth-order valence-electron chi connectivity index (χ4n) is 2.85. The lowest BCUT2D eigenvalue weighted by Gasteiger charge is -2.10. The van der Waals surface area contributed by atoms with Crippen LogP contribution in [0.25, 0.3) is 0 Å². The molecule has 0 saturated heterocycles. The molecule has 0 bridgehead atoms. The molecule has 2 aromatic heterocycles. The van der Waals surface area contributed by atoms with E-state index in [0.717, 1.165) is 28.4 Å². The van der Waals surface area contributed by atoms with Crippen LogP contribution in [0.2, 0.25) is 0 Å². The third-order valence-electron chi connectivity index (χ3n) is 4.18. The molecule has 26 heavy (non-hydrogen) atoms. The average Bonchev–Trinajstić information content (AvgIpc) is 3.04. The van der Waals surface area contributed by atoms with Gasteiger partial charge in [-0.15, -0.1) is 0 Å². The summed E-state index contributed by atoms with van der Waals surface area (Å²) in [5.41, 5.74) is 3.03. The average molecular weight is 353 g/mol. The van der Waals surface area contributed by atoms with E-state index in [1.54, 1.807) is 13.4 Å². The molecule has 1 aliphatic heterocycles. The molecule has 0 fully saturated rings. The number of para-hydroxylation sites is 1. The number of methoxy groups -OCH3 is 1. The van der Waals surface area contributed by atoms with E-state index >= 15 is 0 Å². The van der Waals surface area contributed by atoms with E-state index < -0.39 is 0 Å². The van der Waals surface area contributed by atoms with E-state index in [4.69, 9.17) is 14.0 Å². The fourth-order valence-corrected chi connectivity index (χ4v) is 2.85. The van der Waals surface area contributed by atoms with Gasteiger partial charge in [-0.3, -0.25) is 0 Å². The molecular weight excluding hydrogens is 334 g/mol. The van der Waals surface area contributed by atoms with Crippen molar-refractivity contribution in [2.45, 2.75) is 26.0 Å². The molecular formula is C18H19N5O3. The summed E-state index contributed by atoms with van der Waals surface area (Å²) in [7, 11) is 1.64. The molecule has 0 spiro atoms. The third kappa shape index (κ3) is 3.50. The normalized spacial score (nSPS) is 12.7. The first-order valence-corrected chi connectivity index (χ1v) is 8.41. The van der Waals surface area contributed by atoms with Crippen LogP contribution in [0, 0.1) is 0 Å². The van der Waals surface area contributed by atoms with Gasteiger partial charge in [-0.1, -0.05) is 23.4 Å². The number of nitrogens with one attached hydrogen (secondary N) is 1. The zero-order valence-corrected chi connectivity index (χ0v) is 14.4. The predicted molar refractivity (Wildman–Crippen MR) is 92.8 cm³/mol. The number of fused-ring (bicyclic) bond motifs is 2. The zero-order chi connectivity index (χ0) is 17.8. The van der Waals surface area contributed by atoms with Crippen LogP contribution in [0.15, 0.2) is 35.1 Å². The Balaban J connectivity index is 1.51. The van der Waals surface area contributed by atoms with Gasteiger partial charge in [0.2, 0.25) is 5.89 Å². The van der Waals surface area contributed by atoms with Crippen LogP contribution in [-0.4, -0.2) is 33.8 Å². The molecule has 8 nitrogen and oxygen atoms in total. The second-order valence-corrected chi connectivity index (χ2v) is 5.92. The monoisotopic (exact) mass is 353 g/mol. The quantitative estimate of drug-likeness (QED) is 0.720. The summed E-state index contributed by atoms with van der Waals surface area (Å²) in [4.78, 5) is 13.1. The van der Waals surface area contributed by atoms with Gasteiger partial charge in [0.25, 0.3) is 0 Å². The van der Waals surface area contributed by atoms with E-state index in [1.807, 2.05) is 18.2 Å². The molecule has 3 aromatic rings. The van der Waals surface area contributed by atoms with Gasteiger partial charge in [0.15, 0.2) is 5.82 Å². The maximum Gasteiger partial charge on any atom is 0.229 e. The molecule has 1 N–H and O–H groups in total. The molecule has 0 radical (unpaired) electrons. The molecule has 3 heterocycles. The van der Waals surface area contributed by atoms with Crippen molar-refractivity contribution in [3.8, 4) is 5.75 Å². The van der Waals surface area contributed by atoms with Crippen molar-refractivity contribution < 1.29 is 14.0 Å². The second-order valence-electron chi connectivity index (χ2n) is 5.92. The van der Waals surface area contributed by atoms with E-state index in [1.165, 1.54) is 0 Å². The topological polar surface area (TPSA) is 95.2 Å². The van der Waals surface area contributed by atoms with Gasteiger partial charge in [-0.2, -0.15) is 4.98 Å². The lowest BCUT2D eigenvalue weighted by molar-refractivity contribution is 0.192. The summed E-state index contributed by atoms with van der Waals surface area (Å²) in [6, 6.07) is 8.01. The maximum atomic E-state index is 5.86. The van der Waals surface area contributed by atoms with Crippen molar-refractivity contribution in [3.63, 3.8) is 0 Å². The van der Waals surface area contributed by atoms with Gasteiger partial charge in [0, 0.05) is 19.1 Å². The molecule has 1 aromatic carbocycles. The van der Waals surface area contributed by atoms with Gasteiger partial charge in [0.05, 0.1) is 25.3 Å². The minimum absolute atomic E-state index is 0.419. The highest BCUT2D eigenvalue weighted by molar-refractivity contribution is 5.51. The Kier molecular flexibility index (Phi) is 4.74. The smallest absolute Gasteiger partial charge is 0.229 e. The van der Waals surface area contributed by atoms with Crippen molar-refractivity contribution in [2.24, 2.45) is 0 Å². The summed E-state index contributed by atoms with van der Waals surface area (Å²) in [6.07, 6.45) is 2.85. The maximum absolute atomic E-state index is 5.86. The summed E-state index contributed by atoms with van der Waals surface area (Å²) in [5, 5.41) is 7.27. The van der Waals surface area contributed by atoms with Crippen LogP contribution in [0.4, 0.5) is 5.82 Å². The summed E-state index contributed by atoms with van der Waals surface area (Å²) in [6.45, 7) is 1.39. The van der Waals surface area contributed by atoms with Crippen molar-refractivity contribution in [1.82, 2.24) is 20.1 Å². The first kappa shape index (κ1) is 16.5. The number of rotatable bonds is 6. The SMILES string of the molecule is COCCc1nc(CNc2ncnc3c2Cc2ccccc2OC3)no1. The fraction of sp³-hybridized carbons (Fsp3) is 0.333. The molecule has 0 saturated carbocycles. The molecule has 0 unspecified atom stereocenters. The Hall–Kier alpha value is -3.00. The minimum atomic E-state index is 0.419. The standard InChI is InChI=1S/C18H19N5O3/c1-24-7-6-17-22-16(23-26-17)9-19-18-13-8-12-4-2-3-5-15(12)25-10-14(13)20-11-21-18/h2-5,11H,6-10H2,1H3,(H,19,20,21). The van der Waals surface area contributed by atoms with E-state index in [0.29, 0.717) is 44.3 Å². The summed E-state index contributed by atoms with van der Waals surface area (Å²) >= 11 is 0. The summed E-state index contributed by atoms with van der Waals surface area (Å²) in [5.74, 6) is 2.79. The predicted octanol–water partition coefficient (Wildman–Crippen LogP) is 2.14. The number of anilines is 1. The Bertz CT molecular complexity index is 896. The Morgan fingerprint density at radius 1 is 1.23 bits per heavy atom. The largest absolute Gasteiger partial charge is 0.487 e. The molecule has 1 aliphatic rings. The van der Waals surface area contributed by atoms with Gasteiger partial charge in [-0.25, -0.2) is 9.97 Å². The first-order chi connectivity index (χ1) is 12.8. The van der Waals surface area contributed by atoms with E-state index in [2.05, 4.69) is 31.5 Å². The zero-order valence-electron chi connectivity index (χ0n) is 14.4. The highest BCUT2D eigenvalue weighted by Gasteiger charge is 2.19. The lowest BCUT2D eigenvalue weighted by Crippen LogP contribution is -2.09. The molecule has 0 atom stereocenters. The van der Waals surface area contributed by atoms with Gasteiger partial charge in [-0.05, 0) is 11.6 Å².